The number of hydrogen-bond acceptors (Lipinski definition) is 6. The van der Waals surface area contributed by atoms with Gasteiger partial charge in [-0.05, 0) is 37.3 Å². The van der Waals surface area contributed by atoms with Gasteiger partial charge in [-0.1, -0.05) is 24.0 Å². The Bertz CT molecular complexity index is 1360. The van der Waals surface area contributed by atoms with Crippen LogP contribution >= 0.6 is 0 Å². The number of benzene rings is 2. The first kappa shape index (κ1) is 24.0. The summed E-state index contributed by atoms with van der Waals surface area (Å²) in [5.41, 5.74) is -0.646. The SMILES string of the molecule is CCOC(=O)c1cc(-c2cc(F)cc(F)c2)nc(-c2cccc(C#C[C@]3(O)CCN(C)C3=O)c2)n1. The lowest BCUT2D eigenvalue weighted by atomic mass is 10.0. The maximum atomic E-state index is 13.8. The molecule has 35 heavy (non-hydrogen) atoms. The van der Waals surface area contributed by atoms with Gasteiger partial charge in [-0.2, -0.15) is 0 Å². The van der Waals surface area contributed by atoms with Crippen LogP contribution in [0.3, 0.4) is 0 Å². The molecule has 3 aromatic rings. The van der Waals surface area contributed by atoms with E-state index in [1.165, 1.54) is 11.0 Å². The summed E-state index contributed by atoms with van der Waals surface area (Å²) in [6.45, 7) is 2.16. The molecule has 0 bridgehead atoms. The van der Waals surface area contributed by atoms with Crippen LogP contribution in [0.1, 0.15) is 29.4 Å². The second kappa shape index (κ2) is 9.60. The molecule has 0 aliphatic carbocycles. The molecule has 1 saturated heterocycles. The van der Waals surface area contributed by atoms with Gasteiger partial charge in [-0.25, -0.2) is 23.5 Å². The van der Waals surface area contributed by atoms with Crippen LogP contribution in [0.2, 0.25) is 0 Å². The number of nitrogens with zero attached hydrogens (tertiary/aromatic N) is 3. The largest absolute Gasteiger partial charge is 0.461 e. The third-order valence-electron chi connectivity index (χ3n) is 5.41. The molecule has 178 valence electrons. The Labute approximate surface area is 200 Å². The molecule has 1 aromatic heterocycles. The smallest absolute Gasteiger partial charge is 0.357 e. The van der Waals surface area contributed by atoms with Crippen molar-refractivity contribution in [3.63, 3.8) is 0 Å². The molecule has 1 aliphatic heterocycles. The van der Waals surface area contributed by atoms with E-state index in [4.69, 9.17) is 4.74 Å². The first-order valence-corrected chi connectivity index (χ1v) is 10.8. The van der Waals surface area contributed by atoms with Gasteiger partial charge in [0.05, 0.1) is 12.3 Å². The predicted octanol–water partition coefficient (Wildman–Crippen LogP) is 3.21. The number of carbonyl (C=O) groups excluding carboxylic acids is 2. The third kappa shape index (κ3) is 5.18. The standard InChI is InChI=1S/C26H21F2N3O4/c1-3-35-24(32)22-15-21(18-12-19(27)14-20(28)13-18)29-23(30-22)17-6-4-5-16(11-17)7-8-26(34)9-10-31(2)25(26)33/h4-6,11-15,34H,3,9-10H2,1-2H3/t26-/m0/s1. The molecule has 1 atom stereocenters. The first-order valence-electron chi connectivity index (χ1n) is 10.8. The van der Waals surface area contributed by atoms with Crippen LogP contribution in [-0.4, -0.2) is 57.7 Å². The Morgan fingerprint density at radius 1 is 1.14 bits per heavy atom. The number of ether oxygens (including phenoxy) is 1. The number of likely N-dealkylation sites (tertiary alicyclic amines) is 1. The van der Waals surface area contributed by atoms with Crippen LogP contribution < -0.4 is 0 Å². The molecule has 0 spiro atoms. The molecule has 1 N–H and O–H groups in total. The number of amides is 1. The Balaban J connectivity index is 1.77. The zero-order chi connectivity index (χ0) is 25.2. The topological polar surface area (TPSA) is 92.6 Å². The van der Waals surface area contributed by atoms with Crippen molar-refractivity contribution in [1.29, 1.82) is 0 Å². The summed E-state index contributed by atoms with van der Waals surface area (Å²) >= 11 is 0. The Morgan fingerprint density at radius 3 is 2.54 bits per heavy atom. The van der Waals surface area contributed by atoms with Crippen LogP contribution in [-0.2, 0) is 9.53 Å². The fourth-order valence-corrected chi connectivity index (χ4v) is 3.62. The molecule has 2 heterocycles. The Kier molecular flexibility index (Phi) is 6.58. The summed E-state index contributed by atoms with van der Waals surface area (Å²) in [5, 5.41) is 10.5. The fourth-order valence-electron chi connectivity index (χ4n) is 3.62. The number of esters is 1. The lowest BCUT2D eigenvalue weighted by Crippen LogP contribution is -2.37. The summed E-state index contributed by atoms with van der Waals surface area (Å²) in [6.07, 6.45) is 0.202. The van der Waals surface area contributed by atoms with Crippen LogP contribution in [0.15, 0.2) is 48.5 Å². The minimum atomic E-state index is -1.75. The molecule has 1 fully saturated rings. The molecule has 7 nitrogen and oxygen atoms in total. The van der Waals surface area contributed by atoms with Gasteiger partial charge in [0.25, 0.3) is 5.91 Å². The average molecular weight is 477 g/mol. The Hall–Kier alpha value is -4.16. The maximum absolute atomic E-state index is 13.8. The van der Waals surface area contributed by atoms with Crippen molar-refractivity contribution in [1.82, 2.24) is 14.9 Å². The monoisotopic (exact) mass is 477 g/mol. The van der Waals surface area contributed by atoms with Crippen molar-refractivity contribution < 1.29 is 28.2 Å². The molecule has 0 unspecified atom stereocenters. The van der Waals surface area contributed by atoms with E-state index in [9.17, 15) is 23.5 Å². The highest BCUT2D eigenvalue weighted by Crippen LogP contribution is 2.25. The van der Waals surface area contributed by atoms with Crippen molar-refractivity contribution >= 4 is 11.9 Å². The summed E-state index contributed by atoms with van der Waals surface area (Å²) < 4.78 is 32.7. The van der Waals surface area contributed by atoms with Gasteiger partial charge in [0, 0.05) is 42.8 Å². The summed E-state index contributed by atoms with van der Waals surface area (Å²) in [4.78, 5) is 34.7. The van der Waals surface area contributed by atoms with E-state index < -0.39 is 29.1 Å². The average Bonchev–Trinajstić information content (AvgIpc) is 3.10. The van der Waals surface area contributed by atoms with E-state index in [0.717, 1.165) is 18.2 Å². The minimum Gasteiger partial charge on any atom is -0.461 e. The van der Waals surface area contributed by atoms with Crippen molar-refractivity contribution in [2.24, 2.45) is 0 Å². The van der Waals surface area contributed by atoms with E-state index in [-0.39, 0.29) is 35.8 Å². The normalized spacial score (nSPS) is 17.2. The van der Waals surface area contributed by atoms with Crippen LogP contribution in [0.5, 0.6) is 0 Å². The van der Waals surface area contributed by atoms with Gasteiger partial charge in [-0.15, -0.1) is 0 Å². The lowest BCUT2D eigenvalue weighted by Gasteiger charge is -2.13. The number of hydrogen-bond donors (Lipinski definition) is 1. The lowest BCUT2D eigenvalue weighted by molar-refractivity contribution is -0.137. The van der Waals surface area contributed by atoms with Crippen molar-refractivity contribution in [2.75, 3.05) is 20.2 Å². The third-order valence-corrected chi connectivity index (χ3v) is 5.41. The molecule has 0 radical (unpaired) electrons. The maximum Gasteiger partial charge on any atom is 0.357 e. The van der Waals surface area contributed by atoms with E-state index >= 15 is 0 Å². The summed E-state index contributed by atoms with van der Waals surface area (Å²) in [6, 6.07) is 10.9. The first-order chi connectivity index (χ1) is 16.7. The van der Waals surface area contributed by atoms with Crippen molar-refractivity contribution in [2.45, 2.75) is 18.9 Å². The second-order valence-corrected chi connectivity index (χ2v) is 8.01. The van der Waals surface area contributed by atoms with Crippen molar-refractivity contribution in [3.05, 3.63) is 71.4 Å². The van der Waals surface area contributed by atoms with E-state index in [0.29, 0.717) is 17.7 Å². The van der Waals surface area contributed by atoms with Crippen LogP contribution in [0.25, 0.3) is 22.6 Å². The highest BCUT2D eigenvalue weighted by atomic mass is 19.1. The molecule has 1 amide bonds. The van der Waals surface area contributed by atoms with Gasteiger partial charge in [0.2, 0.25) is 5.60 Å². The number of carbonyl (C=O) groups is 2. The van der Waals surface area contributed by atoms with Gasteiger partial charge >= 0.3 is 5.97 Å². The summed E-state index contributed by atoms with van der Waals surface area (Å²) in [5.74, 6) is 2.81. The number of halogens is 2. The predicted molar refractivity (Wildman–Crippen MR) is 123 cm³/mol. The molecule has 4 rings (SSSR count). The zero-order valence-electron chi connectivity index (χ0n) is 19.0. The summed E-state index contributed by atoms with van der Waals surface area (Å²) in [7, 11) is 1.60. The Morgan fingerprint density at radius 2 is 1.89 bits per heavy atom. The van der Waals surface area contributed by atoms with E-state index in [1.54, 1.807) is 38.2 Å². The molecular formula is C26H21F2N3O4. The number of aromatic nitrogens is 2. The van der Waals surface area contributed by atoms with Gasteiger partial charge < -0.3 is 14.7 Å². The number of likely N-dealkylation sites (N-methyl/N-ethyl adjacent to an activating group) is 1. The van der Waals surface area contributed by atoms with E-state index in [2.05, 4.69) is 21.8 Å². The number of rotatable bonds is 4. The highest BCUT2D eigenvalue weighted by molar-refractivity contribution is 5.91. The molecule has 0 saturated carbocycles. The van der Waals surface area contributed by atoms with Crippen molar-refractivity contribution in [3.8, 4) is 34.5 Å². The molecule has 2 aromatic carbocycles. The molecule has 1 aliphatic rings. The van der Waals surface area contributed by atoms with Gasteiger partial charge in [-0.3, -0.25) is 4.79 Å². The molecular weight excluding hydrogens is 456 g/mol. The zero-order valence-corrected chi connectivity index (χ0v) is 19.0. The quantitative estimate of drug-likeness (QED) is 0.458. The fraction of sp³-hybridized carbons (Fsp3) is 0.231. The highest BCUT2D eigenvalue weighted by Gasteiger charge is 2.42. The minimum absolute atomic E-state index is 0.0816. The number of aliphatic hydroxyl groups is 1. The van der Waals surface area contributed by atoms with Crippen LogP contribution in [0, 0.1) is 23.5 Å². The molecule has 9 heteroatoms. The van der Waals surface area contributed by atoms with Gasteiger partial charge in [0.15, 0.2) is 11.5 Å². The van der Waals surface area contributed by atoms with Gasteiger partial charge in [0.1, 0.15) is 11.6 Å². The van der Waals surface area contributed by atoms with Crippen LogP contribution in [0.4, 0.5) is 8.78 Å². The van der Waals surface area contributed by atoms with E-state index in [1.807, 2.05) is 0 Å². The second-order valence-electron chi connectivity index (χ2n) is 8.01.